The molecule has 0 aliphatic carbocycles. The van der Waals surface area contributed by atoms with Crippen LogP contribution in [0.25, 0.3) is 0 Å². The molecule has 0 aliphatic heterocycles. The minimum Gasteiger partial charge on any atom is -0.365 e. The summed E-state index contributed by atoms with van der Waals surface area (Å²) in [7, 11) is 1.68. The second kappa shape index (κ2) is 6.35. The number of likely N-dealkylation sites (N-methyl/N-ethyl adjacent to an activating group) is 2. The number of benzene rings is 1. The van der Waals surface area contributed by atoms with Gasteiger partial charge in [-0.15, -0.1) is 0 Å². The van der Waals surface area contributed by atoms with E-state index in [0.29, 0.717) is 12.2 Å². The van der Waals surface area contributed by atoms with Gasteiger partial charge < -0.3 is 10.2 Å². The lowest BCUT2D eigenvalue weighted by Gasteiger charge is -2.18. The van der Waals surface area contributed by atoms with Gasteiger partial charge in [-0.25, -0.2) is 0 Å². The fraction of sp³-hybridized carbons (Fsp3) is 0.333. The molecule has 0 radical (unpaired) electrons. The zero-order chi connectivity index (χ0) is 14.4. The summed E-state index contributed by atoms with van der Waals surface area (Å²) in [6.07, 6.45) is 0. The molecule has 0 bridgehead atoms. The van der Waals surface area contributed by atoms with Crippen LogP contribution in [0.4, 0.5) is 11.4 Å². The van der Waals surface area contributed by atoms with Crippen molar-refractivity contribution in [2.75, 3.05) is 25.0 Å². The van der Waals surface area contributed by atoms with Gasteiger partial charge >= 0.3 is 0 Å². The van der Waals surface area contributed by atoms with E-state index in [-0.39, 0.29) is 23.7 Å². The Morgan fingerprint density at radius 1 is 1.58 bits per heavy atom. The SMILES string of the molecule is CCNC(=O)CN(C)c1ccc([N+](=O)[O-])c(C#N)c1. The number of nitro groups is 1. The number of nitro benzene ring substituents is 1. The van der Waals surface area contributed by atoms with E-state index in [1.807, 2.05) is 6.92 Å². The largest absolute Gasteiger partial charge is 0.365 e. The molecule has 1 aromatic rings. The highest BCUT2D eigenvalue weighted by Gasteiger charge is 2.15. The number of nitriles is 1. The van der Waals surface area contributed by atoms with Gasteiger partial charge in [-0.2, -0.15) is 5.26 Å². The van der Waals surface area contributed by atoms with Gasteiger partial charge in [-0.1, -0.05) is 0 Å². The first-order valence-corrected chi connectivity index (χ1v) is 5.66. The number of carbonyl (C=O) groups is 1. The standard InChI is InChI=1S/C12H14N4O3/c1-3-14-12(17)8-15(2)10-4-5-11(16(18)19)9(6-10)7-13/h4-6H,3,8H2,1-2H3,(H,14,17). The number of amides is 1. The molecule has 0 saturated carbocycles. The molecule has 1 rings (SSSR count). The van der Waals surface area contributed by atoms with Crippen LogP contribution in [-0.2, 0) is 4.79 Å². The van der Waals surface area contributed by atoms with Crippen molar-refractivity contribution in [3.63, 3.8) is 0 Å². The number of rotatable bonds is 5. The molecule has 7 nitrogen and oxygen atoms in total. The van der Waals surface area contributed by atoms with Gasteiger partial charge in [0.25, 0.3) is 5.69 Å². The highest BCUT2D eigenvalue weighted by molar-refractivity contribution is 5.81. The van der Waals surface area contributed by atoms with Crippen molar-refractivity contribution in [2.45, 2.75) is 6.92 Å². The maximum Gasteiger partial charge on any atom is 0.287 e. The van der Waals surface area contributed by atoms with Gasteiger partial charge in [-0.3, -0.25) is 14.9 Å². The normalized spacial score (nSPS) is 9.53. The molecule has 0 atom stereocenters. The summed E-state index contributed by atoms with van der Waals surface area (Å²) in [6, 6.07) is 5.96. The Hall–Kier alpha value is -2.62. The molecule has 0 saturated heterocycles. The third-order valence-corrected chi connectivity index (χ3v) is 2.49. The maximum absolute atomic E-state index is 11.4. The van der Waals surface area contributed by atoms with E-state index in [4.69, 9.17) is 5.26 Å². The van der Waals surface area contributed by atoms with Crippen molar-refractivity contribution < 1.29 is 9.72 Å². The van der Waals surface area contributed by atoms with Crippen molar-refractivity contribution in [1.82, 2.24) is 5.32 Å². The van der Waals surface area contributed by atoms with Crippen LogP contribution in [0.15, 0.2) is 18.2 Å². The van der Waals surface area contributed by atoms with Crippen LogP contribution in [0.1, 0.15) is 12.5 Å². The molecule has 1 N–H and O–H groups in total. The summed E-state index contributed by atoms with van der Waals surface area (Å²) < 4.78 is 0. The second-order valence-electron chi connectivity index (χ2n) is 3.88. The van der Waals surface area contributed by atoms with Gasteiger partial charge in [0.2, 0.25) is 5.91 Å². The number of hydrogen-bond donors (Lipinski definition) is 1. The van der Waals surface area contributed by atoms with E-state index >= 15 is 0 Å². The molecule has 0 spiro atoms. The number of hydrogen-bond acceptors (Lipinski definition) is 5. The quantitative estimate of drug-likeness (QED) is 0.631. The van der Waals surface area contributed by atoms with Crippen LogP contribution in [0.3, 0.4) is 0 Å². The Labute approximate surface area is 110 Å². The van der Waals surface area contributed by atoms with Crippen LogP contribution < -0.4 is 10.2 Å². The average molecular weight is 262 g/mol. The molecule has 0 aromatic heterocycles. The molecule has 1 aromatic carbocycles. The highest BCUT2D eigenvalue weighted by Crippen LogP contribution is 2.23. The average Bonchev–Trinajstić information content (AvgIpc) is 2.37. The number of nitrogens with one attached hydrogen (secondary N) is 1. The Kier molecular flexibility index (Phi) is 4.83. The van der Waals surface area contributed by atoms with Crippen molar-refractivity contribution in [3.05, 3.63) is 33.9 Å². The van der Waals surface area contributed by atoms with E-state index in [1.54, 1.807) is 18.0 Å². The fourth-order valence-electron chi connectivity index (χ4n) is 1.57. The monoisotopic (exact) mass is 262 g/mol. The number of anilines is 1. The predicted molar refractivity (Wildman–Crippen MR) is 69.8 cm³/mol. The van der Waals surface area contributed by atoms with Gasteiger partial charge in [0.1, 0.15) is 11.6 Å². The van der Waals surface area contributed by atoms with Crippen LogP contribution in [0.2, 0.25) is 0 Å². The predicted octanol–water partition coefficient (Wildman–Crippen LogP) is 1.04. The molecule has 7 heteroatoms. The first-order valence-electron chi connectivity index (χ1n) is 5.66. The Balaban J connectivity index is 2.94. The molecule has 0 fully saturated rings. The maximum atomic E-state index is 11.4. The minimum absolute atomic E-state index is 0.0229. The third kappa shape index (κ3) is 3.67. The van der Waals surface area contributed by atoms with E-state index in [9.17, 15) is 14.9 Å². The van der Waals surface area contributed by atoms with Gasteiger partial charge in [0.15, 0.2) is 0 Å². The number of carbonyl (C=O) groups excluding carboxylic acids is 1. The Morgan fingerprint density at radius 3 is 2.79 bits per heavy atom. The highest BCUT2D eigenvalue weighted by atomic mass is 16.6. The second-order valence-corrected chi connectivity index (χ2v) is 3.88. The molecule has 1 amide bonds. The fourth-order valence-corrected chi connectivity index (χ4v) is 1.57. The van der Waals surface area contributed by atoms with Gasteiger partial charge in [0, 0.05) is 25.3 Å². The lowest BCUT2D eigenvalue weighted by molar-refractivity contribution is -0.385. The van der Waals surface area contributed by atoms with Gasteiger partial charge in [-0.05, 0) is 19.1 Å². The first-order chi connectivity index (χ1) is 8.99. The molecular formula is C12H14N4O3. The van der Waals surface area contributed by atoms with Crippen LogP contribution in [0, 0.1) is 21.4 Å². The van der Waals surface area contributed by atoms with E-state index in [2.05, 4.69) is 5.32 Å². The van der Waals surface area contributed by atoms with Crippen LogP contribution in [-0.4, -0.2) is 31.0 Å². The lowest BCUT2D eigenvalue weighted by Crippen LogP contribution is -2.34. The van der Waals surface area contributed by atoms with Crippen LogP contribution in [0.5, 0.6) is 0 Å². The Bertz CT molecular complexity index is 536. The molecule has 100 valence electrons. The van der Waals surface area contributed by atoms with Crippen molar-refractivity contribution in [3.8, 4) is 6.07 Å². The van der Waals surface area contributed by atoms with E-state index in [1.165, 1.54) is 18.2 Å². The molecule has 0 heterocycles. The summed E-state index contributed by atoms with van der Waals surface area (Å²) in [5.74, 6) is -0.151. The lowest BCUT2D eigenvalue weighted by atomic mass is 10.1. The minimum atomic E-state index is -0.605. The smallest absolute Gasteiger partial charge is 0.287 e. The number of nitrogens with zero attached hydrogens (tertiary/aromatic N) is 3. The molecule has 19 heavy (non-hydrogen) atoms. The first kappa shape index (κ1) is 14.4. The zero-order valence-corrected chi connectivity index (χ0v) is 10.7. The molecule has 0 unspecified atom stereocenters. The summed E-state index contributed by atoms with van der Waals surface area (Å²) >= 11 is 0. The van der Waals surface area contributed by atoms with E-state index < -0.39 is 4.92 Å². The van der Waals surface area contributed by atoms with Gasteiger partial charge in [0.05, 0.1) is 11.5 Å². The summed E-state index contributed by atoms with van der Waals surface area (Å²) in [5.41, 5.74) is 0.316. The third-order valence-electron chi connectivity index (χ3n) is 2.49. The van der Waals surface area contributed by atoms with Crippen molar-refractivity contribution in [2.24, 2.45) is 0 Å². The summed E-state index contributed by atoms with van der Waals surface area (Å²) in [4.78, 5) is 23.1. The zero-order valence-electron chi connectivity index (χ0n) is 10.7. The topological polar surface area (TPSA) is 99.3 Å². The van der Waals surface area contributed by atoms with E-state index in [0.717, 1.165) is 0 Å². The van der Waals surface area contributed by atoms with Crippen LogP contribution >= 0.6 is 0 Å². The molecule has 0 aliphatic rings. The Morgan fingerprint density at radius 2 is 2.26 bits per heavy atom. The molecular weight excluding hydrogens is 248 g/mol. The van der Waals surface area contributed by atoms with Crippen molar-refractivity contribution >= 4 is 17.3 Å². The summed E-state index contributed by atoms with van der Waals surface area (Å²) in [6.45, 7) is 2.48. The summed E-state index contributed by atoms with van der Waals surface area (Å²) in [5, 5.41) is 22.2. The van der Waals surface area contributed by atoms with Crippen molar-refractivity contribution in [1.29, 1.82) is 5.26 Å².